The average molecular weight is 500 g/mol. The molecule has 0 spiro atoms. The van der Waals surface area contributed by atoms with Gasteiger partial charge in [-0.05, 0) is 42.3 Å². The Balaban J connectivity index is 1.60. The standard InChI is InChI=1S/C28H29N5O4/c1-32-22(16-25(34)35)17-33(14-13-18-5-3-2-4-6-18)28(37)23-15-21(11-12-24(23)32)31-27(36)20-9-7-19(8-10-20)26(29)30/h2-12,15,22H,13-14,16-17H2,1H3,(H3,29,30)(H,31,36)(H,34,35)/t22-/m1/s1. The molecule has 1 aliphatic heterocycles. The van der Waals surface area contributed by atoms with Crippen molar-refractivity contribution in [2.24, 2.45) is 5.73 Å². The fraction of sp³-hybridized carbons (Fsp3) is 0.214. The summed E-state index contributed by atoms with van der Waals surface area (Å²) < 4.78 is 0. The quantitative estimate of drug-likeness (QED) is 0.277. The summed E-state index contributed by atoms with van der Waals surface area (Å²) in [6.07, 6.45) is 0.526. The van der Waals surface area contributed by atoms with E-state index < -0.39 is 12.0 Å². The number of carbonyl (C=O) groups is 3. The van der Waals surface area contributed by atoms with Crippen LogP contribution < -0.4 is 16.0 Å². The Kier molecular flexibility index (Phi) is 7.52. The van der Waals surface area contributed by atoms with E-state index in [1.165, 1.54) is 0 Å². The van der Waals surface area contributed by atoms with Crippen LogP contribution in [0.25, 0.3) is 0 Å². The number of rotatable bonds is 8. The van der Waals surface area contributed by atoms with Crippen molar-refractivity contribution in [2.45, 2.75) is 18.9 Å². The fourth-order valence-electron chi connectivity index (χ4n) is 4.43. The molecule has 0 fully saturated rings. The minimum absolute atomic E-state index is 0.0848. The fourth-order valence-corrected chi connectivity index (χ4v) is 4.43. The van der Waals surface area contributed by atoms with Gasteiger partial charge in [0.2, 0.25) is 0 Å². The molecule has 1 aliphatic rings. The van der Waals surface area contributed by atoms with Crippen molar-refractivity contribution in [3.63, 3.8) is 0 Å². The van der Waals surface area contributed by atoms with Crippen LogP contribution in [-0.4, -0.2) is 59.8 Å². The van der Waals surface area contributed by atoms with E-state index in [0.29, 0.717) is 41.0 Å². The number of aliphatic carboxylic acids is 1. The number of carbonyl (C=O) groups excluding carboxylic acids is 2. The molecule has 5 N–H and O–H groups in total. The molecular formula is C28H29N5O4. The smallest absolute Gasteiger partial charge is 0.305 e. The predicted molar refractivity (Wildman–Crippen MR) is 142 cm³/mol. The minimum Gasteiger partial charge on any atom is -0.481 e. The normalized spacial score (nSPS) is 15.1. The molecule has 3 aromatic carbocycles. The third-order valence-corrected chi connectivity index (χ3v) is 6.51. The maximum absolute atomic E-state index is 13.7. The molecule has 0 radical (unpaired) electrons. The first-order valence-electron chi connectivity index (χ1n) is 11.9. The minimum atomic E-state index is -0.935. The number of benzene rings is 3. The third-order valence-electron chi connectivity index (χ3n) is 6.51. The topological polar surface area (TPSA) is 140 Å². The van der Waals surface area contributed by atoms with Crippen LogP contribution in [0.15, 0.2) is 72.8 Å². The number of hydrogen-bond acceptors (Lipinski definition) is 5. The van der Waals surface area contributed by atoms with E-state index in [1.54, 1.807) is 54.4 Å². The molecule has 1 atom stereocenters. The summed E-state index contributed by atoms with van der Waals surface area (Å²) in [5, 5.41) is 19.8. The maximum Gasteiger partial charge on any atom is 0.305 e. The van der Waals surface area contributed by atoms with Gasteiger partial charge in [0.1, 0.15) is 5.84 Å². The molecule has 0 unspecified atom stereocenters. The number of carboxylic acids is 1. The van der Waals surface area contributed by atoms with Crippen LogP contribution in [0.4, 0.5) is 11.4 Å². The molecular weight excluding hydrogens is 470 g/mol. The van der Waals surface area contributed by atoms with Crippen LogP contribution in [0, 0.1) is 5.41 Å². The number of carboxylic acid groups (broad SMARTS) is 1. The molecule has 0 aliphatic carbocycles. The van der Waals surface area contributed by atoms with Crippen molar-refractivity contribution in [1.29, 1.82) is 5.41 Å². The number of amides is 2. The summed E-state index contributed by atoms with van der Waals surface area (Å²) in [6.45, 7) is 0.707. The van der Waals surface area contributed by atoms with Crippen LogP contribution in [0.5, 0.6) is 0 Å². The first-order valence-corrected chi connectivity index (χ1v) is 11.9. The number of nitrogens with zero attached hydrogens (tertiary/aromatic N) is 2. The zero-order chi connectivity index (χ0) is 26.5. The van der Waals surface area contributed by atoms with Crippen molar-refractivity contribution >= 4 is 35.0 Å². The van der Waals surface area contributed by atoms with Gasteiger partial charge < -0.3 is 26.0 Å². The second kappa shape index (κ2) is 10.9. The highest BCUT2D eigenvalue weighted by atomic mass is 16.4. The van der Waals surface area contributed by atoms with Gasteiger partial charge in [0, 0.05) is 42.6 Å². The Hall–Kier alpha value is -4.66. The van der Waals surface area contributed by atoms with Gasteiger partial charge in [-0.15, -0.1) is 0 Å². The molecule has 0 saturated heterocycles. The molecule has 9 nitrogen and oxygen atoms in total. The lowest BCUT2D eigenvalue weighted by Crippen LogP contribution is -2.43. The molecule has 9 heteroatoms. The van der Waals surface area contributed by atoms with E-state index in [-0.39, 0.29) is 30.6 Å². The van der Waals surface area contributed by atoms with E-state index in [2.05, 4.69) is 5.32 Å². The monoisotopic (exact) mass is 499 g/mol. The van der Waals surface area contributed by atoms with Gasteiger partial charge in [-0.3, -0.25) is 19.8 Å². The Morgan fingerprint density at radius 3 is 2.38 bits per heavy atom. The molecule has 0 aromatic heterocycles. The number of nitrogens with two attached hydrogens (primary N) is 1. The highest BCUT2D eigenvalue weighted by Gasteiger charge is 2.32. The Bertz CT molecular complexity index is 1320. The summed E-state index contributed by atoms with van der Waals surface area (Å²) in [5.74, 6) is -1.60. The molecule has 0 bridgehead atoms. The summed E-state index contributed by atoms with van der Waals surface area (Å²) >= 11 is 0. The first kappa shape index (κ1) is 25.4. The van der Waals surface area contributed by atoms with Gasteiger partial charge in [0.05, 0.1) is 18.0 Å². The lowest BCUT2D eigenvalue weighted by atomic mass is 10.1. The van der Waals surface area contributed by atoms with Crippen LogP contribution in [0.3, 0.4) is 0 Å². The molecule has 0 saturated carbocycles. The van der Waals surface area contributed by atoms with E-state index in [1.807, 2.05) is 35.2 Å². The second-order valence-electron chi connectivity index (χ2n) is 9.03. The number of anilines is 2. The summed E-state index contributed by atoms with van der Waals surface area (Å²) in [6, 6.07) is 20.8. The Morgan fingerprint density at radius 1 is 1.05 bits per heavy atom. The van der Waals surface area contributed by atoms with Crippen LogP contribution in [0.2, 0.25) is 0 Å². The molecule has 4 rings (SSSR count). The van der Waals surface area contributed by atoms with Gasteiger partial charge in [0.25, 0.3) is 11.8 Å². The largest absolute Gasteiger partial charge is 0.481 e. The van der Waals surface area contributed by atoms with Crippen LogP contribution in [0.1, 0.15) is 38.3 Å². The summed E-state index contributed by atoms with van der Waals surface area (Å²) in [4.78, 5) is 41.6. The van der Waals surface area contributed by atoms with Crippen molar-refractivity contribution in [3.8, 4) is 0 Å². The van der Waals surface area contributed by atoms with Crippen molar-refractivity contribution < 1.29 is 19.5 Å². The van der Waals surface area contributed by atoms with Gasteiger partial charge in [-0.1, -0.05) is 42.5 Å². The molecule has 3 aromatic rings. The van der Waals surface area contributed by atoms with E-state index >= 15 is 0 Å². The van der Waals surface area contributed by atoms with E-state index in [9.17, 15) is 19.5 Å². The average Bonchev–Trinajstić information content (AvgIpc) is 2.98. The van der Waals surface area contributed by atoms with Gasteiger partial charge in [-0.25, -0.2) is 0 Å². The van der Waals surface area contributed by atoms with Crippen molar-refractivity contribution in [2.75, 3.05) is 30.4 Å². The second-order valence-corrected chi connectivity index (χ2v) is 9.03. The SMILES string of the molecule is CN1c2ccc(NC(=O)c3ccc(C(=N)N)cc3)cc2C(=O)N(CCc2ccccc2)C[C@H]1CC(=O)O. The summed E-state index contributed by atoms with van der Waals surface area (Å²) in [7, 11) is 1.79. The zero-order valence-corrected chi connectivity index (χ0v) is 20.5. The maximum atomic E-state index is 13.7. The lowest BCUT2D eigenvalue weighted by Gasteiger charge is -2.30. The highest BCUT2D eigenvalue weighted by molar-refractivity contribution is 6.07. The number of nitrogens with one attached hydrogen (secondary N) is 2. The highest BCUT2D eigenvalue weighted by Crippen LogP contribution is 2.31. The molecule has 1 heterocycles. The third kappa shape index (κ3) is 5.95. The van der Waals surface area contributed by atoms with Gasteiger partial charge >= 0.3 is 5.97 Å². The van der Waals surface area contributed by atoms with E-state index in [4.69, 9.17) is 11.1 Å². The number of likely N-dealkylation sites (N-methyl/N-ethyl adjacent to an activating group) is 1. The predicted octanol–water partition coefficient (Wildman–Crippen LogP) is 3.20. The number of nitrogen functional groups attached to an aromatic ring is 1. The lowest BCUT2D eigenvalue weighted by molar-refractivity contribution is -0.137. The number of hydrogen-bond donors (Lipinski definition) is 4. The van der Waals surface area contributed by atoms with Crippen LogP contribution >= 0.6 is 0 Å². The number of amidine groups is 1. The Morgan fingerprint density at radius 2 is 1.73 bits per heavy atom. The Labute approximate surface area is 215 Å². The molecule has 190 valence electrons. The number of fused-ring (bicyclic) bond motifs is 1. The van der Waals surface area contributed by atoms with Crippen molar-refractivity contribution in [1.82, 2.24) is 4.90 Å². The van der Waals surface area contributed by atoms with Crippen LogP contribution in [-0.2, 0) is 11.2 Å². The summed E-state index contributed by atoms with van der Waals surface area (Å²) in [5.41, 5.74) is 8.91. The van der Waals surface area contributed by atoms with E-state index in [0.717, 1.165) is 5.56 Å². The van der Waals surface area contributed by atoms with Crippen molar-refractivity contribution in [3.05, 3.63) is 95.1 Å². The molecule has 2 amide bonds. The zero-order valence-electron chi connectivity index (χ0n) is 20.5. The van der Waals surface area contributed by atoms with Gasteiger partial charge in [-0.2, -0.15) is 0 Å². The van der Waals surface area contributed by atoms with Gasteiger partial charge in [0.15, 0.2) is 0 Å². The first-order chi connectivity index (χ1) is 17.7. The molecule has 37 heavy (non-hydrogen) atoms.